The van der Waals surface area contributed by atoms with Crippen LogP contribution in [0.1, 0.15) is 17.5 Å². The Morgan fingerprint density at radius 2 is 2.05 bits per heavy atom. The lowest BCUT2D eigenvalue weighted by molar-refractivity contribution is 0.221. The molecule has 2 N–H and O–H groups in total. The Morgan fingerprint density at radius 3 is 2.85 bits per heavy atom. The summed E-state index contributed by atoms with van der Waals surface area (Å²) in [5.41, 5.74) is 6.93. The van der Waals surface area contributed by atoms with Gasteiger partial charge in [-0.3, -0.25) is 0 Å². The number of nitrogens with zero attached hydrogens (tertiary/aromatic N) is 4. The molecule has 1 aliphatic heterocycles. The second-order valence-electron chi connectivity index (χ2n) is 4.37. The largest absolute Gasteiger partial charge is 0.482 e. The van der Waals surface area contributed by atoms with Crippen LogP contribution >= 0.6 is 0 Å². The highest BCUT2D eigenvalue weighted by molar-refractivity contribution is 5.60. The highest BCUT2D eigenvalue weighted by Crippen LogP contribution is 2.35. The van der Waals surface area contributed by atoms with E-state index in [0.717, 1.165) is 11.3 Å². The zero-order valence-electron chi connectivity index (χ0n) is 10.2. The van der Waals surface area contributed by atoms with E-state index in [4.69, 9.17) is 15.0 Å². The molecular formula is C12H9N5O3. The fourth-order valence-corrected chi connectivity index (χ4v) is 2.13. The lowest BCUT2D eigenvalue weighted by Gasteiger charge is -2.04. The molecular weight excluding hydrogens is 262 g/mol. The van der Waals surface area contributed by atoms with E-state index in [1.807, 2.05) is 24.3 Å². The Kier molecular flexibility index (Phi) is 2.22. The molecule has 100 valence electrons. The van der Waals surface area contributed by atoms with Gasteiger partial charge in [0.2, 0.25) is 17.3 Å². The lowest BCUT2D eigenvalue weighted by Crippen LogP contribution is -2.05. The zero-order chi connectivity index (χ0) is 13.5. The smallest absolute Gasteiger partial charge is 0.284 e. The Morgan fingerprint density at radius 1 is 1.15 bits per heavy atom. The van der Waals surface area contributed by atoms with Gasteiger partial charge >= 0.3 is 0 Å². The van der Waals surface area contributed by atoms with E-state index in [9.17, 15) is 0 Å². The van der Waals surface area contributed by atoms with Crippen LogP contribution in [0.3, 0.4) is 0 Å². The van der Waals surface area contributed by atoms with Crippen LogP contribution < -0.4 is 10.5 Å². The predicted octanol–water partition coefficient (Wildman–Crippen LogP) is 1.38. The van der Waals surface area contributed by atoms with E-state index < -0.39 is 0 Å². The fourth-order valence-electron chi connectivity index (χ4n) is 2.13. The molecule has 0 aliphatic carbocycles. The summed E-state index contributed by atoms with van der Waals surface area (Å²) in [6, 6.07) is 7.81. The molecule has 8 heteroatoms. The third-order valence-electron chi connectivity index (χ3n) is 3.09. The lowest BCUT2D eigenvalue weighted by atomic mass is 10.1. The Balaban J connectivity index is 1.63. The number of aromatic nitrogens is 4. The quantitative estimate of drug-likeness (QED) is 0.743. The van der Waals surface area contributed by atoms with E-state index in [-0.39, 0.29) is 23.5 Å². The molecule has 2 aromatic heterocycles. The van der Waals surface area contributed by atoms with Gasteiger partial charge in [-0.05, 0) is 21.9 Å². The second kappa shape index (κ2) is 4.05. The third-order valence-corrected chi connectivity index (χ3v) is 3.09. The molecule has 4 rings (SSSR count). The van der Waals surface area contributed by atoms with Crippen LogP contribution in [0.15, 0.2) is 33.4 Å². The first-order chi connectivity index (χ1) is 9.81. The zero-order valence-corrected chi connectivity index (χ0v) is 10.2. The van der Waals surface area contributed by atoms with E-state index in [1.54, 1.807) is 0 Å². The summed E-state index contributed by atoms with van der Waals surface area (Å²) in [4.78, 5) is 4.23. The van der Waals surface area contributed by atoms with E-state index in [1.165, 1.54) is 0 Å². The van der Waals surface area contributed by atoms with Gasteiger partial charge in [0, 0.05) is 6.42 Å². The van der Waals surface area contributed by atoms with Crippen LogP contribution in [0.25, 0.3) is 11.6 Å². The summed E-state index contributed by atoms with van der Waals surface area (Å²) in [6.45, 7) is 0. The minimum Gasteiger partial charge on any atom is -0.482 e. The number of para-hydroxylation sites is 1. The van der Waals surface area contributed by atoms with Crippen LogP contribution in [-0.2, 0) is 6.42 Å². The minimum absolute atomic E-state index is 0.107. The first kappa shape index (κ1) is 11.0. The van der Waals surface area contributed by atoms with Crippen molar-refractivity contribution in [1.29, 1.82) is 0 Å². The molecule has 3 aromatic rings. The van der Waals surface area contributed by atoms with Crippen LogP contribution in [0.5, 0.6) is 5.75 Å². The Labute approximate surface area is 112 Å². The average Bonchev–Trinajstić information content (AvgIpc) is 3.15. The molecule has 0 bridgehead atoms. The van der Waals surface area contributed by atoms with Gasteiger partial charge in [0.15, 0.2) is 6.10 Å². The highest BCUT2D eigenvalue weighted by atomic mass is 16.6. The summed E-state index contributed by atoms with van der Waals surface area (Å²) >= 11 is 0. The summed E-state index contributed by atoms with van der Waals surface area (Å²) in [5.74, 6) is 1.55. The van der Waals surface area contributed by atoms with Crippen molar-refractivity contribution in [3.63, 3.8) is 0 Å². The predicted molar refractivity (Wildman–Crippen MR) is 65.5 cm³/mol. The highest BCUT2D eigenvalue weighted by Gasteiger charge is 2.29. The Bertz CT molecular complexity index is 741. The van der Waals surface area contributed by atoms with Gasteiger partial charge < -0.3 is 15.0 Å². The number of nitrogen functional groups attached to an aromatic ring is 1. The molecule has 0 saturated heterocycles. The fraction of sp³-hybridized carbons (Fsp3) is 0.167. The minimum atomic E-state index is -0.272. The van der Waals surface area contributed by atoms with Crippen LogP contribution in [0.2, 0.25) is 0 Å². The number of anilines is 1. The second-order valence-corrected chi connectivity index (χ2v) is 4.37. The van der Waals surface area contributed by atoms with Gasteiger partial charge in [-0.25, -0.2) is 4.63 Å². The van der Waals surface area contributed by atoms with Crippen molar-refractivity contribution >= 4 is 5.82 Å². The van der Waals surface area contributed by atoms with Crippen molar-refractivity contribution in [3.8, 4) is 17.3 Å². The van der Waals surface area contributed by atoms with Crippen molar-refractivity contribution in [2.24, 2.45) is 0 Å². The van der Waals surface area contributed by atoms with Gasteiger partial charge in [0.05, 0.1) is 0 Å². The van der Waals surface area contributed by atoms with Gasteiger partial charge in [-0.2, -0.15) is 4.98 Å². The number of ether oxygens (including phenoxy) is 1. The SMILES string of the molecule is Nc1nonc1-c1nc(C2Cc3ccccc3O2)no1. The molecule has 0 spiro atoms. The number of hydrogen-bond donors (Lipinski definition) is 1. The molecule has 0 radical (unpaired) electrons. The van der Waals surface area contributed by atoms with Gasteiger partial charge in [-0.1, -0.05) is 23.4 Å². The number of fused-ring (bicyclic) bond motifs is 1. The molecule has 0 fully saturated rings. The summed E-state index contributed by atoms with van der Waals surface area (Å²) < 4.78 is 15.4. The van der Waals surface area contributed by atoms with Crippen molar-refractivity contribution in [2.45, 2.75) is 12.5 Å². The van der Waals surface area contributed by atoms with Crippen molar-refractivity contribution in [2.75, 3.05) is 5.73 Å². The topological polar surface area (TPSA) is 113 Å². The first-order valence-corrected chi connectivity index (χ1v) is 5.98. The first-order valence-electron chi connectivity index (χ1n) is 5.98. The molecule has 1 aromatic carbocycles. The molecule has 20 heavy (non-hydrogen) atoms. The van der Waals surface area contributed by atoms with Crippen molar-refractivity contribution in [1.82, 2.24) is 20.5 Å². The maximum absolute atomic E-state index is 5.78. The number of hydrogen-bond acceptors (Lipinski definition) is 8. The van der Waals surface area contributed by atoms with Gasteiger partial charge in [0.25, 0.3) is 5.89 Å². The van der Waals surface area contributed by atoms with Crippen LogP contribution in [-0.4, -0.2) is 20.5 Å². The summed E-state index contributed by atoms with van der Waals surface area (Å²) in [5, 5.41) is 11.0. The molecule has 0 amide bonds. The number of rotatable bonds is 2. The van der Waals surface area contributed by atoms with Crippen molar-refractivity contribution in [3.05, 3.63) is 35.7 Å². The monoisotopic (exact) mass is 271 g/mol. The van der Waals surface area contributed by atoms with Crippen LogP contribution in [0.4, 0.5) is 5.82 Å². The van der Waals surface area contributed by atoms with Gasteiger partial charge in [0.1, 0.15) is 5.75 Å². The maximum atomic E-state index is 5.78. The maximum Gasteiger partial charge on any atom is 0.284 e. The molecule has 8 nitrogen and oxygen atoms in total. The molecule has 1 aliphatic rings. The van der Waals surface area contributed by atoms with Crippen LogP contribution in [0, 0.1) is 0 Å². The third kappa shape index (κ3) is 1.62. The number of nitrogens with two attached hydrogens (primary N) is 1. The number of benzene rings is 1. The van der Waals surface area contributed by atoms with Gasteiger partial charge in [-0.15, -0.1) is 0 Å². The summed E-state index contributed by atoms with van der Waals surface area (Å²) in [6.07, 6.45) is 0.424. The summed E-state index contributed by atoms with van der Waals surface area (Å²) in [7, 11) is 0. The molecule has 1 atom stereocenters. The standard InChI is InChI=1S/C12H9N5O3/c13-10-9(15-20-16-10)12-14-11(17-19-12)8-5-6-3-1-2-4-7(6)18-8/h1-4,8H,5H2,(H2,13,16). The molecule has 3 heterocycles. The van der Waals surface area contributed by atoms with E-state index >= 15 is 0 Å². The molecule has 0 saturated carbocycles. The Hall–Kier alpha value is -2.90. The normalized spacial score (nSPS) is 16.9. The average molecular weight is 271 g/mol. The van der Waals surface area contributed by atoms with E-state index in [0.29, 0.717) is 12.2 Å². The molecule has 1 unspecified atom stereocenters. The van der Waals surface area contributed by atoms with E-state index in [2.05, 4.69) is 25.1 Å². The van der Waals surface area contributed by atoms with Crippen molar-refractivity contribution < 1.29 is 13.9 Å².